The van der Waals surface area contributed by atoms with Gasteiger partial charge in [-0.3, -0.25) is 9.78 Å². The predicted molar refractivity (Wildman–Crippen MR) is 109 cm³/mol. The summed E-state index contributed by atoms with van der Waals surface area (Å²) < 4.78 is 5.86. The maximum Gasteiger partial charge on any atom is 0.238 e. The number of benzene rings is 2. The zero-order chi connectivity index (χ0) is 19.2. The van der Waals surface area contributed by atoms with Crippen LogP contribution in [0.1, 0.15) is 24.4 Å². The highest BCUT2D eigenvalue weighted by atomic mass is 16.5. The third-order valence-electron chi connectivity index (χ3n) is 4.90. The third-order valence-corrected chi connectivity index (χ3v) is 4.90. The Balaban J connectivity index is 1.20. The number of para-hydroxylation sites is 1. The molecule has 0 radical (unpaired) electrons. The number of nitrogens with zero attached hydrogens (tertiary/aromatic N) is 1. The Labute approximate surface area is 164 Å². The zero-order valence-corrected chi connectivity index (χ0v) is 15.6. The SMILES string of the molecule is O=C(NCCCOc1cccc2cccnc12)C1CC(c2ccccc2)NN1. The molecule has 2 atom stereocenters. The predicted octanol–water partition coefficient (Wildman–Crippen LogP) is 2.73. The molecule has 2 heterocycles. The van der Waals surface area contributed by atoms with Crippen LogP contribution < -0.4 is 20.9 Å². The van der Waals surface area contributed by atoms with Gasteiger partial charge in [0.15, 0.2) is 0 Å². The van der Waals surface area contributed by atoms with E-state index < -0.39 is 0 Å². The van der Waals surface area contributed by atoms with Gasteiger partial charge in [-0.2, -0.15) is 0 Å². The van der Waals surface area contributed by atoms with Gasteiger partial charge in [-0.05, 0) is 30.5 Å². The molecule has 2 unspecified atom stereocenters. The Hall–Kier alpha value is -2.96. The maximum absolute atomic E-state index is 12.4. The van der Waals surface area contributed by atoms with Crippen LogP contribution in [-0.4, -0.2) is 30.1 Å². The van der Waals surface area contributed by atoms with Crippen LogP contribution in [0.5, 0.6) is 5.75 Å². The first-order chi connectivity index (χ1) is 13.8. The monoisotopic (exact) mass is 376 g/mol. The molecule has 2 aromatic carbocycles. The fraction of sp³-hybridized carbons (Fsp3) is 0.273. The first-order valence-corrected chi connectivity index (χ1v) is 9.61. The fourth-order valence-corrected chi connectivity index (χ4v) is 3.41. The normalized spacial score (nSPS) is 18.9. The van der Waals surface area contributed by atoms with Gasteiger partial charge >= 0.3 is 0 Å². The number of hydrogen-bond acceptors (Lipinski definition) is 5. The molecule has 0 aliphatic carbocycles. The number of aromatic nitrogens is 1. The lowest BCUT2D eigenvalue weighted by Crippen LogP contribution is -2.43. The van der Waals surface area contributed by atoms with E-state index in [0.29, 0.717) is 13.2 Å². The van der Waals surface area contributed by atoms with Crippen LogP contribution in [-0.2, 0) is 4.79 Å². The quantitative estimate of drug-likeness (QED) is 0.553. The summed E-state index contributed by atoms with van der Waals surface area (Å²) in [6.07, 6.45) is 3.23. The third kappa shape index (κ3) is 4.30. The minimum atomic E-state index is -0.228. The van der Waals surface area contributed by atoms with Gasteiger partial charge < -0.3 is 10.1 Å². The maximum atomic E-state index is 12.4. The molecule has 1 fully saturated rings. The standard InChI is InChI=1S/C22H24N4O2/c27-22(19-15-18(25-26-19)16-7-2-1-3-8-16)24-13-6-14-28-20-11-4-9-17-10-5-12-23-21(17)20/h1-5,7-12,18-19,25-26H,6,13-15H2,(H,24,27). The topological polar surface area (TPSA) is 75.3 Å². The van der Waals surface area contributed by atoms with Crippen LogP contribution >= 0.6 is 0 Å². The van der Waals surface area contributed by atoms with E-state index in [1.807, 2.05) is 48.5 Å². The Morgan fingerprint density at radius 1 is 1.07 bits per heavy atom. The molecule has 1 aliphatic heterocycles. The molecule has 3 aromatic rings. The second-order valence-corrected chi connectivity index (χ2v) is 6.86. The van der Waals surface area contributed by atoms with Gasteiger partial charge in [0.05, 0.1) is 6.61 Å². The van der Waals surface area contributed by atoms with Gasteiger partial charge in [-0.15, -0.1) is 0 Å². The van der Waals surface area contributed by atoms with Crippen molar-refractivity contribution in [2.24, 2.45) is 0 Å². The summed E-state index contributed by atoms with van der Waals surface area (Å²) in [7, 11) is 0. The minimum Gasteiger partial charge on any atom is -0.491 e. The molecule has 6 nitrogen and oxygen atoms in total. The number of carbonyl (C=O) groups excluding carboxylic acids is 1. The summed E-state index contributed by atoms with van der Waals surface area (Å²) in [5.74, 6) is 0.787. The number of rotatable bonds is 7. The van der Waals surface area contributed by atoms with Crippen LogP contribution in [0.25, 0.3) is 10.9 Å². The molecule has 0 bridgehead atoms. The van der Waals surface area contributed by atoms with Gasteiger partial charge in [-0.25, -0.2) is 10.9 Å². The second-order valence-electron chi connectivity index (χ2n) is 6.86. The van der Waals surface area contributed by atoms with E-state index in [9.17, 15) is 4.79 Å². The summed E-state index contributed by atoms with van der Waals surface area (Å²) in [5, 5.41) is 4.04. The lowest BCUT2D eigenvalue weighted by atomic mass is 10.0. The van der Waals surface area contributed by atoms with Crippen LogP contribution in [0.3, 0.4) is 0 Å². The van der Waals surface area contributed by atoms with Crippen molar-refractivity contribution >= 4 is 16.8 Å². The van der Waals surface area contributed by atoms with Gasteiger partial charge in [0, 0.05) is 24.2 Å². The average Bonchev–Trinajstić information content (AvgIpc) is 3.25. The molecule has 28 heavy (non-hydrogen) atoms. The summed E-state index contributed by atoms with van der Waals surface area (Å²) in [5.41, 5.74) is 8.34. The molecule has 1 amide bonds. The van der Waals surface area contributed by atoms with Gasteiger partial charge in [-0.1, -0.05) is 48.5 Å². The molecule has 3 N–H and O–H groups in total. The number of carbonyl (C=O) groups is 1. The Morgan fingerprint density at radius 3 is 2.82 bits per heavy atom. The van der Waals surface area contributed by atoms with Crippen molar-refractivity contribution in [3.8, 4) is 5.75 Å². The molecule has 144 valence electrons. The van der Waals surface area contributed by atoms with Crippen molar-refractivity contribution in [2.75, 3.05) is 13.2 Å². The number of nitrogens with one attached hydrogen (secondary N) is 3. The van der Waals surface area contributed by atoms with Crippen LogP contribution in [0, 0.1) is 0 Å². The summed E-state index contributed by atoms with van der Waals surface area (Å²) in [4.78, 5) is 16.7. The molecule has 1 aromatic heterocycles. The summed E-state index contributed by atoms with van der Waals surface area (Å²) >= 11 is 0. The van der Waals surface area contributed by atoms with E-state index >= 15 is 0 Å². The highest BCUT2D eigenvalue weighted by molar-refractivity contribution is 5.84. The lowest BCUT2D eigenvalue weighted by molar-refractivity contribution is -0.122. The molecular weight excluding hydrogens is 352 g/mol. The lowest BCUT2D eigenvalue weighted by Gasteiger charge is -2.12. The van der Waals surface area contributed by atoms with Crippen molar-refractivity contribution in [1.82, 2.24) is 21.2 Å². The van der Waals surface area contributed by atoms with Crippen molar-refractivity contribution in [3.05, 3.63) is 72.4 Å². The van der Waals surface area contributed by atoms with Crippen LogP contribution in [0.2, 0.25) is 0 Å². The van der Waals surface area contributed by atoms with E-state index in [-0.39, 0.29) is 18.0 Å². The molecule has 1 saturated heterocycles. The zero-order valence-electron chi connectivity index (χ0n) is 15.6. The highest BCUT2D eigenvalue weighted by Gasteiger charge is 2.29. The average molecular weight is 376 g/mol. The number of fused-ring (bicyclic) bond motifs is 1. The number of hydrogen-bond donors (Lipinski definition) is 3. The van der Waals surface area contributed by atoms with Gasteiger partial charge in [0.1, 0.15) is 17.3 Å². The first-order valence-electron chi connectivity index (χ1n) is 9.61. The Kier molecular flexibility index (Phi) is 5.80. The molecule has 0 saturated carbocycles. The van der Waals surface area contributed by atoms with E-state index in [1.54, 1.807) is 6.20 Å². The number of pyridine rings is 1. The summed E-state index contributed by atoms with van der Waals surface area (Å²) in [6.45, 7) is 1.10. The first kappa shape index (κ1) is 18.4. The second kappa shape index (κ2) is 8.82. The largest absolute Gasteiger partial charge is 0.491 e. The van der Waals surface area contributed by atoms with Gasteiger partial charge in [0.2, 0.25) is 5.91 Å². The van der Waals surface area contributed by atoms with Crippen molar-refractivity contribution in [1.29, 1.82) is 0 Å². The molecule has 6 heteroatoms. The number of hydrazine groups is 1. The molecular formula is C22H24N4O2. The Bertz CT molecular complexity index is 927. The molecule has 1 aliphatic rings. The van der Waals surface area contributed by atoms with E-state index in [0.717, 1.165) is 29.5 Å². The van der Waals surface area contributed by atoms with E-state index in [2.05, 4.69) is 33.3 Å². The summed E-state index contributed by atoms with van der Waals surface area (Å²) in [6, 6.07) is 19.9. The smallest absolute Gasteiger partial charge is 0.238 e. The van der Waals surface area contributed by atoms with Crippen molar-refractivity contribution < 1.29 is 9.53 Å². The van der Waals surface area contributed by atoms with E-state index in [1.165, 1.54) is 5.56 Å². The van der Waals surface area contributed by atoms with Crippen LogP contribution in [0.15, 0.2) is 66.9 Å². The Morgan fingerprint density at radius 2 is 1.93 bits per heavy atom. The van der Waals surface area contributed by atoms with Crippen molar-refractivity contribution in [3.63, 3.8) is 0 Å². The highest BCUT2D eigenvalue weighted by Crippen LogP contribution is 2.23. The molecule has 4 rings (SSSR count). The molecule has 0 spiro atoms. The number of amides is 1. The van der Waals surface area contributed by atoms with E-state index in [4.69, 9.17) is 4.74 Å². The van der Waals surface area contributed by atoms with Crippen molar-refractivity contribution in [2.45, 2.75) is 24.9 Å². The number of ether oxygens (including phenoxy) is 1. The van der Waals surface area contributed by atoms with Gasteiger partial charge in [0.25, 0.3) is 0 Å². The van der Waals surface area contributed by atoms with Crippen LogP contribution in [0.4, 0.5) is 0 Å². The fourth-order valence-electron chi connectivity index (χ4n) is 3.41. The minimum absolute atomic E-state index is 0.0118.